The van der Waals surface area contributed by atoms with Gasteiger partial charge in [-0.05, 0) is 69.4 Å². The Labute approximate surface area is 290 Å². The summed E-state index contributed by atoms with van der Waals surface area (Å²) < 4.78 is 23.6. The highest BCUT2D eigenvalue weighted by Crippen LogP contribution is 2.18. The van der Waals surface area contributed by atoms with Gasteiger partial charge >= 0.3 is 0 Å². The van der Waals surface area contributed by atoms with Gasteiger partial charge < -0.3 is 40.2 Å². The minimum absolute atomic E-state index is 0.00309. The number of benzene rings is 2. The zero-order chi connectivity index (χ0) is 36.3. The number of amides is 2. The van der Waals surface area contributed by atoms with Crippen molar-refractivity contribution in [2.24, 2.45) is 4.36 Å². The average Bonchev–Trinajstić information content (AvgIpc) is 3.56. The number of carbonyl (C=O) groups excluding carboxylic acids is 2. The van der Waals surface area contributed by atoms with Crippen molar-refractivity contribution in [2.45, 2.75) is 42.7 Å². The number of hydrogen-bond donors (Lipinski definition) is 6. The molecule has 5 atom stereocenters. The van der Waals surface area contributed by atoms with Crippen molar-refractivity contribution in [1.82, 2.24) is 9.88 Å². The Hall–Kier alpha value is -4.72. The average molecular weight is 705 g/mol. The van der Waals surface area contributed by atoms with E-state index in [1.807, 2.05) is 0 Å². The number of pyridine rings is 1. The molecule has 2 heterocycles. The number of furan rings is 1. The summed E-state index contributed by atoms with van der Waals surface area (Å²) in [6, 6.07) is 18.5. The fourth-order valence-electron chi connectivity index (χ4n) is 4.89. The van der Waals surface area contributed by atoms with Crippen LogP contribution in [0.25, 0.3) is 0 Å². The van der Waals surface area contributed by atoms with Gasteiger partial charge in [-0.1, -0.05) is 36.1 Å². The van der Waals surface area contributed by atoms with Crippen molar-refractivity contribution in [2.75, 3.05) is 37.8 Å². The van der Waals surface area contributed by atoms with E-state index in [9.17, 15) is 34.2 Å². The summed E-state index contributed by atoms with van der Waals surface area (Å²) in [4.78, 5) is 32.0. The van der Waals surface area contributed by atoms with Crippen LogP contribution < -0.4 is 5.32 Å². The molecule has 0 spiro atoms. The molecule has 50 heavy (non-hydrogen) atoms. The number of aliphatic hydroxyl groups excluding tert-OH is 5. The molecule has 4 aromatic rings. The first-order valence-electron chi connectivity index (χ1n) is 15.7. The second-order valence-electron chi connectivity index (χ2n) is 11.6. The van der Waals surface area contributed by atoms with E-state index in [1.54, 1.807) is 79.5 Å². The lowest BCUT2D eigenvalue weighted by Gasteiger charge is -2.28. The van der Waals surface area contributed by atoms with Gasteiger partial charge in [0.1, 0.15) is 18.3 Å². The van der Waals surface area contributed by atoms with Gasteiger partial charge in [-0.15, -0.1) is 0 Å². The monoisotopic (exact) mass is 704 g/mol. The van der Waals surface area contributed by atoms with Crippen LogP contribution in [-0.4, -0.2) is 108 Å². The Kier molecular flexibility index (Phi) is 13.6. The van der Waals surface area contributed by atoms with Crippen LogP contribution in [0.2, 0.25) is 0 Å². The molecular weight excluding hydrogens is 664 g/mol. The van der Waals surface area contributed by atoms with Gasteiger partial charge in [-0.2, -0.15) is 4.36 Å². The van der Waals surface area contributed by atoms with Crippen molar-refractivity contribution < 1.29 is 43.7 Å². The van der Waals surface area contributed by atoms with Crippen LogP contribution in [0.3, 0.4) is 0 Å². The number of nitrogens with zero attached hydrogens (tertiary/aromatic N) is 3. The third-order valence-corrected chi connectivity index (χ3v) is 9.96. The van der Waals surface area contributed by atoms with E-state index in [0.29, 0.717) is 27.3 Å². The molecule has 0 saturated heterocycles. The van der Waals surface area contributed by atoms with Crippen LogP contribution in [0, 0.1) is 18.8 Å². The van der Waals surface area contributed by atoms with Gasteiger partial charge in [-0.3, -0.25) is 14.6 Å². The van der Waals surface area contributed by atoms with Crippen molar-refractivity contribution in [1.29, 1.82) is 0 Å². The molecule has 0 radical (unpaired) electrons. The molecule has 264 valence electrons. The number of likely N-dealkylation sites (N-methyl/N-ethyl adjacent to an activating group) is 1. The molecule has 0 aliphatic heterocycles. The number of hydrogen-bond acceptors (Lipinski definition) is 11. The molecule has 0 fully saturated rings. The maximum atomic E-state index is 14.2. The lowest BCUT2D eigenvalue weighted by atomic mass is 10.0. The molecular formula is C36H40N4O9S. The van der Waals surface area contributed by atoms with E-state index >= 15 is 0 Å². The Morgan fingerprint density at radius 2 is 1.68 bits per heavy atom. The Bertz CT molecular complexity index is 1950. The Balaban J connectivity index is 1.46. The molecule has 4 rings (SSSR count). The third-order valence-electron chi connectivity index (χ3n) is 7.65. The number of aromatic nitrogens is 1. The van der Waals surface area contributed by atoms with Gasteiger partial charge in [0.2, 0.25) is 0 Å². The summed E-state index contributed by atoms with van der Waals surface area (Å²) >= 11 is 0. The number of aliphatic hydroxyl groups is 5. The molecule has 0 aliphatic carbocycles. The van der Waals surface area contributed by atoms with Gasteiger partial charge in [-0.25, -0.2) is 4.21 Å². The maximum Gasteiger partial charge on any atom is 0.291 e. The number of anilines is 1. The molecule has 0 bridgehead atoms. The van der Waals surface area contributed by atoms with Gasteiger partial charge in [0.25, 0.3) is 11.8 Å². The van der Waals surface area contributed by atoms with Crippen LogP contribution >= 0.6 is 0 Å². The highest BCUT2D eigenvalue weighted by atomic mass is 32.2. The fourth-order valence-corrected chi connectivity index (χ4v) is 6.79. The fraction of sp³-hybridized carbons (Fsp3) is 0.306. The van der Waals surface area contributed by atoms with Crippen LogP contribution in [0.5, 0.6) is 0 Å². The number of aryl methyl sites for hydroxylation is 1. The first kappa shape index (κ1) is 38.1. The van der Waals surface area contributed by atoms with E-state index in [1.165, 1.54) is 24.7 Å². The van der Waals surface area contributed by atoms with E-state index in [2.05, 4.69) is 26.5 Å². The quantitative estimate of drug-likeness (QED) is 0.105. The summed E-state index contributed by atoms with van der Waals surface area (Å²) in [5.74, 6) is 5.04. The molecule has 14 heteroatoms. The zero-order valence-electron chi connectivity index (χ0n) is 27.5. The van der Waals surface area contributed by atoms with Crippen molar-refractivity contribution in [3.63, 3.8) is 0 Å². The minimum atomic E-state index is -3.25. The predicted molar refractivity (Wildman–Crippen MR) is 186 cm³/mol. The second kappa shape index (κ2) is 17.8. The summed E-state index contributed by atoms with van der Waals surface area (Å²) in [7, 11) is -1.61. The van der Waals surface area contributed by atoms with Gasteiger partial charge in [0.05, 0.1) is 34.3 Å². The third kappa shape index (κ3) is 10.4. The molecule has 1 unspecified atom stereocenters. The van der Waals surface area contributed by atoms with Crippen molar-refractivity contribution in [3.8, 4) is 11.8 Å². The van der Waals surface area contributed by atoms with Crippen LogP contribution in [0.4, 0.5) is 5.69 Å². The van der Waals surface area contributed by atoms with E-state index < -0.39 is 46.7 Å². The maximum absolute atomic E-state index is 14.2. The van der Waals surface area contributed by atoms with E-state index in [4.69, 9.17) is 9.52 Å². The van der Waals surface area contributed by atoms with E-state index in [-0.39, 0.29) is 42.5 Å². The molecule has 0 saturated carbocycles. The Morgan fingerprint density at radius 1 is 0.960 bits per heavy atom. The first-order chi connectivity index (χ1) is 23.9. The molecule has 0 aliphatic rings. The van der Waals surface area contributed by atoms with Crippen LogP contribution in [0.15, 0.2) is 99.1 Å². The lowest BCUT2D eigenvalue weighted by Crippen LogP contribution is -2.49. The first-order valence-corrected chi connectivity index (χ1v) is 17.4. The SMILES string of the molecule is Cc1ccoc1C(=O)Nc1cccc(C#Cc2cncc(C(=O)N=S(=O)(CCCN(C)C[C@H](O)[C@@H](O)[C@@H](O)[C@H](O)CO)c3ccccc3)c2)c1. The highest BCUT2D eigenvalue weighted by molar-refractivity contribution is 7.94. The normalized spacial score (nSPS) is 14.8. The lowest BCUT2D eigenvalue weighted by molar-refractivity contribution is -0.118. The number of rotatable bonds is 14. The topological polar surface area (TPSA) is 206 Å². The Morgan fingerprint density at radius 3 is 2.38 bits per heavy atom. The largest absolute Gasteiger partial charge is 0.459 e. The second-order valence-corrected chi connectivity index (χ2v) is 14.0. The molecule has 2 amide bonds. The van der Waals surface area contributed by atoms with Crippen molar-refractivity contribution in [3.05, 3.63) is 113 Å². The molecule has 2 aromatic heterocycles. The zero-order valence-corrected chi connectivity index (χ0v) is 28.4. The summed E-state index contributed by atoms with van der Waals surface area (Å²) in [5, 5.41) is 51.6. The summed E-state index contributed by atoms with van der Waals surface area (Å²) in [5.41, 5.74) is 2.33. The summed E-state index contributed by atoms with van der Waals surface area (Å²) in [6.45, 7) is 1.18. The van der Waals surface area contributed by atoms with Gasteiger partial charge in [0, 0.05) is 52.0 Å². The van der Waals surface area contributed by atoms with Crippen LogP contribution in [-0.2, 0) is 9.73 Å². The van der Waals surface area contributed by atoms with E-state index in [0.717, 1.165) is 0 Å². The highest BCUT2D eigenvalue weighted by Gasteiger charge is 2.30. The van der Waals surface area contributed by atoms with Crippen LogP contribution in [0.1, 0.15) is 44.0 Å². The summed E-state index contributed by atoms with van der Waals surface area (Å²) in [6.07, 6.45) is -1.97. The molecule has 2 aromatic carbocycles. The molecule has 13 nitrogen and oxygen atoms in total. The standard InChI is InChI=1S/C36H40N4O9S/c1-24-14-16-49-34(24)36(47)38-28-9-6-8-25(19-28)12-13-26-18-27(21-37-20-26)35(46)39-50(48,29-10-4-3-5-11-29)17-7-15-40(2)22-30(42)32(44)33(45)31(43)23-41/h3-6,8-11,14,16,18-21,30-33,41-45H,7,15,17,22-23H2,1-2H3,(H,38,47)/t30-,31+,32+,33-,50?/m0/s1. The predicted octanol–water partition coefficient (Wildman–Crippen LogP) is 2.06. The number of carbonyl (C=O) groups is 2. The smallest absolute Gasteiger partial charge is 0.291 e. The minimum Gasteiger partial charge on any atom is -0.459 e. The van der Waals surface area contributed by atoms with Gasteiger partial charge in [0.15, 0.2) is 5.76 Å². The van der Waals surface area contributed by atoms with Crippen molar-refractivity contribution >= 4 is 27.2 Å². The number of nitrogens with one attached hydrogen (secondary N) is 1. The molecule has 6 N–H and O–H groups in total.